The summed E-state index contributed by atoms with van der Waals surface area (Å²) in [5.41, 5.74) is 0.845. The second kappa shape index (κ2) is 7.09. The summed E-state index contributed by atoms with van der Waals surface area (Å²) in [6.45, 7) is 2.60. The number of hydrogen-bond acceptors (Lipinski definition) is 3. The van der Waals surface area contributed by atoms with Gasteiger partial charge in [-0.2, -0.15) is 0 Å². The summed E-state index contributed by atoms with van der Waals surface area (Å²) in [4.78, 5) is 0. The maximum absolute atomic E-state index is 5.22. The van der Waals surface area contributed by atoms with E-state index in [-0.39, 0.29) is 6.04 Å². The molecule has 1 unspecified atom stereocenters. The van der Waals surface area contributed by atoms with Gasteiger partial charge in [0.25, 0.3) is 0 Å². The second-order valence-corrected chi connectivity index (χ2v) is 4.06. The zero-order valence-electron chi connectivity index (χ0n) is 10.3. The van der Waals surface area contributed by atoms with Crippen molar-refractivity contribution in [3.63, 3.8) is 0 Å². The van der Waals surface area contributed by atoms with Crippen LogP contribution in [0, 0.1) is 0 Å². The van der Waals surface area contributed by atoms with Gasteiger partial charge in [-0.15, -0.1) is 0 Å². The molecule has 0 fully saturated rings. The molecule has 0 amide bonds. The molecule has 0 saturated heterocycles. The lowest BCUT2D eigenvalue weighted by Gasteiger charge is -2.17. The number of rotatable bonds is 5. The zero-order valence-corrected chi connectivity index (χ0v) is 11.1. The maximum Gasteiger partial charge on any atom is 0.171 e. The monoisotopic (exact) mass is 254 g/mol. The van der Waals surface area contributed by atoms with Gasteiger partial charge in [0.05, 0.1) is 19.4 Å². The normalized spacial score (nSPS) is 11.7. The Morgan fingerprint density at radius 3 is 2.71 bits per heavy atom. The van der Waals surface area contributed by atoms with E-state index >= 15 is 0 Å². The first kappa shape index (κ1) is 13.7. The van der Waals surface area contributed by atoms with Crippen molar-refractivity contribution in [2.45, 2.75) is 13.0 Å². The summed E-state index contributed by atoms with van der Waals surface area (Å²) in [6, 6.07) is 7.78. The fourth-order valence-electron chi connectivity index (χ4n) is 1.42. The molecular weight excluding hydrogens is 236 g/mol. The predicted octanol–water partition coefficient (Wildman–Crippen LogP) is 2.02. The number of nitrogens with one attached hydrogen (secondary N) is 2. The van der Waals surface area contributed by atoms with Crippen LogP contribution in [0.1, 0.15) is 6.92 Å². The summed E-state index contributed by atoms with van der Waals surface area (Å²) < 4.78 is 10.2. The quantitative estimate of drug-likeness (QED) is 0.787. The fraction of sp³-hybridized carbons (Fsp3) is 0.417. The van der Waals surface area contributed by atoms with Gasteiger partial charge < -0.3 is 20.1 Å². The third-order valence-electron chi connectivity index (χ3n) is 2.15. The van der Waals surface area contributed by atoms with E-state index < -0.39 is 0 Å². The molecule has 2 N–H and O–H groups in total. The summed E-state index contributed by atoms with van der Waals surface area (Å²) in [7, 11) is 3.29. The van der Waals surface area contributed by atoms with E-state index in [1.54, 1.807) is 14.2 Å². The predicted molar refractivity (Wildman–Crippen MR) is 73.7 cm³/mol. The summed E-state index contributed by atoms with van der Waals surface area (Å²) in [5, 5.41) is 6.77. The van der Waals surface area contributed by atoms with Crippen LogP contribution in [0.25, 0.3) is 0 Å². The Hall–Kier alpha value is -1.33. The number of para-hydroxylation sites is 2. The van der Waals surface area contributed by atoms with Gasteiger partial charge >= 0.3 is 0 Å². The molecular formula is C12H18N2O2S. The summed E-state index contributed by atoms with van der Waals surface area (Å²) in [6.07, 6.45) is 0. The SMILES string of the molecule is COCC(C)NC(=S)Nc1ccccc1OC. The Balaban J connectivity index is 2.55. The molecule has 0 aliphatic carbocycles. The summed E-state index contributed by atoms with van der Waals surface area (Å²) in [5.74, 6) is 0.760. The fourth-order valence-corrected chi connectivity index (χ4v) is 1.73. The molecule has 1 atom stereocenters. The Labute approximate surface area is 107 Å². The van der Waals surface area contributed by atoms with Gasteiger partial charge in [-0.05, 0) is 31.3 Å². The topological polar surface area (TPSA) is 42.5 Å². The van der Waals surface area contributed by atoms with Crippen LogP contribution in [0.2, 0.25) is 0 Å². The minimum absolute atomic E-state index is 0.162. The zero-order chi connectivity index (χ0) is 12.7. The minimum atomic E-state index is 0.162. The first-order chi connectivity index (χ1) is 8.17. The van der Waals surface area contributed by atoms with Crippen LogP contribution in [0.15, 0.2) is 24.3 Å². The maximum atomic E-state index is 5.22. The number of benzene rings is 1. The largest absolute Gasteiger partial charge is 0.495 e. The van der Waals surface area contributed by atoms with Crippen molar-refractivity contribution in [1.29, 1.82) is 0 Å². The first-order valence-electron chi connectivity index (χ1n) is 5.37. The molecule has 0 radical (unpaired) electrons. The van der Waals surface area contributed by atoms with Crippen LogP contribution < -0.4 is 15.4 Å². The van der Waals surface area contributed by atoms with Crippen LogP contribution in [-0.2, 0) is 4.74 Å². The highest BCUT2D eigenvalue weighted by Crippen LogP contribution is 2.22. The highest BCUT2D eigenvalue weighted by Gasteiger charge is 2.06. The molecule has 17 heavy (non-hydrogen) atoms. The molecule has 0 spiro atoms. The average molecular weight is 254 g/mol. The molecule has 1 aromatic carbocycles. The van der Waals surface area contributed by atoms with Gasteiger partial charge in [0.1, 0.15) is 5.75 Å². The van der Waals surface area contributed by atoms with Gasteiger partial charge in [-0.3, -0.25) is 0 Å². The molecule has 0 saturated carbocycles. The highest BCUT2D eigenvalue weighted by atomic mass is 32.1. The Bertz CT molecular complexity index is 371. The third-order valence-corrected chi connectivity index (χ3v) is 2.37. The molecule has 0 heterocycles. The van der Waals surface area contributed by atoms with E-state index in [4.69, 9.17) is 21.7 Å². The molecule has 1 aromatic rings. The van der Waals surface area contributed by atoms with E-state index in [1.165, 1.54) is 0 Å². The van der Waals surface area contributed by atoms with Gasteiger partial charge in [-0.1, -0.05) is 12.1 Å². The second-order valence-electron chi connectivity index (χ2n) is 3.66. The van der Waals surface area contributed by atoms with Crippen molar-refractivity contribution in [2.24, 2.45) is 0 Å². The molecule has 0 aliphatic rings. The highest BCUT2D eigenvalue weighted by molar-refractivity contribution is 7.80. The number of thiocarbonyl (C=S) groups is 1. The van der Waals surface area contributed by atoms with E-state index in [0.29, 0.717) is 11.7 Å². The van der Waals surface area contributed by atoms with Crippen molar-refractivity contribution in [3.05, 3.63) is 24.3 Å². The lowest BCUT2D eigenvalue weighted by atomic mass is 10.3. The van der Waals surface area contributed by atoms with Crippen molar-refractivity contribution in [2.75, 3.05) is 26.1 Å². The van der Waals surface area contributed by atoms with Crippen molar-refractivity contribution in [1.82, 2.24) is 5.32 Å². The van der Waals surface area contributed by atoms with Gasteiger partial charge in [0, 0.05) is 13.2 Å². The van der Waals surface area contributed by atoms with Crippen LogP contribution in [-0.4, -0.2) is 32.0 Å². The van der Waals surface area contributed by atoms with E-state index in [9.17, 15) is 0 Å². The lowest BCUT2D eigenvalue weighted by Crippen LogP contribution is -2.38. The number of hydrogen-bond donors (Lipinski definition) is 2. The van der Waals surface area contributed by atoms with Gasteiger partial charge in [0.15, 0.2) is 5.11 Å². The number of ether oxygens (including phenoxy) is 2. The van der Waals surface area contributed by atoms with Crippen molar-refractivity contribution >= 4 is 23.0 Å². The first-order valence-corrected chi connectivity index (χ1v) is 5.77. The molecule has 1 rings (SSSR count). The van der Waals surface area contributed by atoms with Gasteiger partial charge in [0.2, 0.25) is 0 Å². The number of anilines is 1. The van der Waals surface area contributed by atoms with Crippen LogP contribution in [0.4, 0.5) is 5.69 Å². The molecule has 94 valence electrons. The minimum Gasteiger partial charge on any atom is -0.495 e. The average Bonchev–Trinajstić information content (AvgIpc) is 2.29. The molecule has 5 heteroatoms. The lowest BCUT2D eigenvalue weighted by molar-refractivity contribution is 0.179. The van der Waals surface area contributed by atoms with Crippen LogP contribution in [0.5, 0.6) is 5.75 Å². The Kier molecular flexibility index (Phi) is 5.72. The van der Waals surface area contributed by atoms with Crippen molar-refractivity contribution < 1.29 is 9.47 Å². The van der Waals surface area contributed by atoms with Crippen molar-refractivity contribution in [3.8, 4) is 5.75 Å². The third kappa shape index (κ3) is 4.58. The molecule has 0 aliphatic heterocycles. The van der Waals surface area contributed by atoms with Gasteiger partial charge in [-0.25, -0.2) is 0 Å². The van der Waals surface area contributed by atoms with E-state index in [2.05, 4.69) is 10.6 Å². The van der Waals surface area contributed by atoms with Crippen LogP contribution in [0.3, 0.4) is 0 Å². The standard InChI is InChI=1S/C12H18N2O2S/c1-9(8-15-2)13-12(17)14-10-6-4-5-7-11(10)16-3/h4-7,9H,8H2,1-3H3,(H2,13,14,17). The smallest absolute Gasteiger partial charge is 0.171 e. The van der Waals surface area contributed by atoms with E-state index in [1.807, 2.05) is 31.2 Å². The Morgan fingerprint density at radius 1 is 1.35 bits per heavy atom. The molecule has 4 nitrogen and oxygen atoms in total. The summed E-state index contributed by atoms with van der Waals surface area (Å²) >= 11 is 5.20. The molecule has 0 bridgehead atoms. The molecule has 0 aromatic heterocycles. The van der Waals surface area contributed by atoms with Crippen LogP contribution >= 0.6 is 12.2 Å². The van der Waals surface area contributed by atoms with E-state index in [0.717, 1.165) is 11.4 Å². The Morgan fingerprint density at radius 2 is 2.06 bits per heavy atom. The number of methoxy groups -OCH3 is 2.